The zero-order valence-electron chi connectivity index (χ0n) is 13.7. The highest BCUT2D eigenvalue weighted by molar-refractivity contribution is 7.07. The molecule has 0 saturated carbocycles. The van der Waals surface area contributed by atoms with E-state index in [1.54, 1.807) is 18.4 Å². The van der Waals surface area contributed by atoms with Crippen LogP contribution in [0.5, 0.6) is 0 Å². The number of hydrogen-bond acceptors (Lipinski definition) is 3. The molecule has 1 heterocycles. The van der Waals surface area contributed by atoms with Crippen molar-refractivity contribution in [1.29, 1.82) is 0 Å². The minimum atomic E-state index is 0.767. The van der Waals surface area contributed by atoms with Crippen LogP contribution in [0.3, 0.4) is 0 Å². The van der Waals surface area contributed by atoms with Gasteiger partial charge in [0.15, 0.2) is 5.96 Å². The summed E-state index contributed by atoms with van der Waals surface area (Å²) in [5, 5.41) is 10.9. The van der Waals surface area contributed by atoms with E-state index in [4.69, 9.17) is 0 Å². The summed E-state index contributed by atoms with van der Waals surface area (Å²) < 4.78 is 0. The van der Waals surface area contributed by atoms with E-state index >= 15 is 0 Å². The molecule has 5 heteroatoms. The molecule has 2 N–H and O–H groups in total. The number of nitrogens with one attached hydrogen (secondary N) is 2. The first kappa shape index (κ1) is 16.4. The second-order valence-electron chi connectivity index (χ2n) is 5.42. The molecule has 0 amide bonds. The highest BCUT2D eigenvalue weighted by Gasteiger charge is 2.03. The Labute approximate surface area is 136 Å². The van der Waals surface area contributed by atoms with Crippen LogP contribution in [-0.2, 0) is 13.1 Å². The molecular formula is C17H24N4S. The standard InChI is InChI=1S/C17H24N4S/c1-13-9-16(21(3)4)6-5-15(13)11-20-17(18-2)19-10-14-7-8-22-12-14/h5-9,12H,10-11H2,1-4H3,(H2,18,19,20). The van der Waals surface area contributed by atoms with Crippen LogP contribution in [-0.4, -0.2) is 27.1 Å². The van der Waals surface area contributed by atoms with E-state index in [0.29, 0.717) is 0 Å². The van der Waals surface area contributed by atoms with Crippen LogP contribution in [0.25, 0.3) is 0 Å². The van der Waals surface area contributed by atoms with E-state index in [-0.39, 0.29) is 0 Å². The second kappa shape index (κ2) is 7.84. The molecule has 0 aliphatic heterocycles. The lowest BCUT2D eigenvalue weighted by molar-refractivity contribution is 0.807. The number of anilines is 1. The van der Waals surface area contributed by atoms with Crippen molar-refractivity contribution in [3.8, 4) is 0 Å². The maximum atomic E-state index is 4.27. The molecule has 4 nitrogen and oxygen atoms in total. The molecule has 0 bridgehead atoms. The molecule has 0 radical (unpaired) electrons. The molecule has 22 heavy (non-hydrogen) atoms. The van der Waals surface area contributed by atoms with Crippen molar-refractivity contribution >= 4 is 23.0 Å². The van der Waals surface area contributed by atoms with Gasteiger partial charge >= 0.3 is 0 Å². The van der Waals surface area contributed by atoms with Crippen molar-refractivity contribution in [2.75, 3.05) is 26.0 Å². The molecule has 118 valence electrons. The fourth-order valence-corrected chi connectivity index (χ4v) is 2.80. The zero-order valence-corrected chi connectivity index (χ0v) is 14.5. The van der Waals surface area contributed by atoms with Gasteiger partial charge in [-0.25, -0.2) is 0 Å². The number of hydrogen-bond donors (Lipinski definition) is 2. The predicted octanol–water partition coefficient (Wildman–Crippen LogP) is 2.99. The molecule has 0 fully saturated rings. The lowest BCUT2D eigenvalue weighted by Gasteiger charge is -2.16. The Hall–Kier alpha value is -2.01. The van der Waals surface area contributed by atoms with Crippen LogP contribution in [0.1, 0.15) is 16.7 Å². The molecule has 2 rings (SSSR count). The monoisotopic (exact) mass is 316 g/mol. The van der Waals surface area contributed by atoms with Gasteiger partial charge in [-0.2, -0.15) is 11.3 Å². The molecule has 0 atom stereocenters. The first-order valence-corrected chi connectivity index (χ1v) is 8.27. The number of aliphatic imine (C=N–C) groups is 1. The molecule has 0 saturated heterocycles. The van der Waals surface area contributed by atoms with E-state index in [2.05, 4.69) is 76.6 Å². The minimum absolute atomic E-state index is 0.767. The Balaban J connectivity index is 1.90. The van der Waals surface area contributed by atoms with Gasteiger partial charge in [-0.1, -0.05) is 6.07 Å². The van der Waals surface area contributed by atoms with Crippen molar-refractivity contribution in [2.45, 2.75) is 20.0 Å². The molecule has 2 aromatic rings. The van der Waals surface area contributed by atoms with Gasteiger partial charge in [0.05, 0.1) is 0 Å². The van der Waals surface area contributed by atoms with Crippen molar-refractivity contribution in [1.82, 2.24) is 10.6 Å². The molecule has 1 aromatic carbocycles. The third kappa shape index (κ3) is 4.49. The van der Waals surface area contributed by atoms with Crippen LogP contribution in [0.15, 0.2) is 40.0 Å². The van der Waals surface area contributed by atoms with Crippen LogP contribution < -0.4 is 15.5 Å². The van der Waals surface area contributed by atoms with Crippen LogP contribution >= 0.6 is 11.3 Å². The maximum absolute atomic E-state index is 4.27. The number of nitrogens with zero attached hydrogens (tertiary/aromatic N) is 2. The highest BCUT2D eigenvalue weighted by atomic mass is 32.1. The number of rotatable bonds is 5. The molecule has 0 aliphatic rings. The van der Waals surface area contributed by atoms with Gasteiger partial charge < -0.3 is 15.5 Å². The van der Waals surface area contributed by atoms with Gasteiger partial charge in [0, 0.05) is 39.9 Å². The van der Waals surface area contributed by atoms with Gasteiger partial charge in [-0.05, 0) is 52.6 Å². The van der Waals surface area contributed by atoms with Crippen molar-refractivity contribution in [3.63, 3.8) is 0 Å². The normalized spacial score (nSPS) is 11.4. The lowest BCUT2D eigenvalue weighted by Crippen LogP contribution is -2.36. The summed E-state index contributed by atoms with van der Waals surface area (Å²) in [4.78, 5) is 6.38. The van der Waals surface area contributed by atoms with Gasteiger partial charge in [0.25, 0.3) is 0 Å². The van der Waals surface area contributed by atoms with Crippen molar-refractivity contribution in [2.24, 2.45) is 4.99 Å². The van der Waals surface area contributed by atoms with Crippen LogP contribution in [0, 0.1) is 6.92 Å². The van der Waals surface area contributed by atoms with Crippen molar-refractivity contribution in [3.05, 3.63) is 51.7 Å². The third-order valence-electron chi connectivity index (χ3n) is 3.55. The zero-order chi connectivity index (χ0) is 15.9. The summed E-state index contributed by atoms with van der Waals surface area (Å²) in [6, 6.07) is 8.64. The minimum Gasteiger partial charge on any atom is -0.378 e. The van der Waals surface area contributed by atoms with E-state index < -0.39 is 0 Å². The molecular weight excluding hydrogens is 292 g/mol. The average Bonchev–Trinajstić information content (AvgIpc) is 3.01. The SMILES string of the molecule is CN=C(NCc1ccsc1)NCc1ccc(N(C)C)cc1C. The number of benzene rings is 1. The summed E-state index contributed by atoms with van der Waals surface area (Å²) in [5.41, 5.74) is 5.07. The quantitative estimate of drug-likeness (QED) is 0.658. The Bertz CT molecular complexity index is 618. The smallest absolute Gasteiger partial charge is 0.191 e. The lowest BCUT2D eigenvalue weighted by atomic mass is 10.1. The van der Waals surface area contributed by atoms with Crippen molar-refractivity contribution < 1.29 is 0 Å². The van der Waals surface area contributed by atoms with Gasteiger partial charge in [0.1, 0.15) is 0 Å². The van der Waals surface area contributed by atoms with Gasteiger partial charge in [0.2, 0.25) is 0 Å². The predicted molar refractivity (Wildman–Crippen MR) is 96.9 cm³/mol. The molecule has 0 spiro atoms. The van der Waals surface area contributed by atoms with E-state index in [1.165, 1.54) is 22.4 Å². The first-order chi connectivity index (χ1) is 10.6. The highest BCUT2D eigenvalue weighted by Crippen LogP contribution is 2.17. The Morgan fingerprint density at radius 2 is 1.95 bits per heavy atom. The van der Waals surface area contributed by atoms with Crippen LogP contribution in [0.4, 0.5) is 5.69 Å². The van der Waals surface area contributed by atoms with E-state index in [0.717, 1.165) is 19.0 Å². The second-order valence-corrected chi connectivity index (χ2v) is 6.20. The summed E-state index contributed by atoms with van der Waals surface area (Å²) in [7, 11) is 5.91. The fraction of sp³-hybridized carbons (Fsp3) is 0.353. The average molecular weight is 316 g/mol. The number of guanidine groups is 1. The summed E-state index contributed by atoms with van der Waals surface area (Å²) in [5.74, 6) is 0.822. The molecule has 0 unspecified atom stereocenters. The summed E-state index contributed by atoms with van der Waals surface area (Å²) in [6.07, 6.45) is 0. The number of thiophene rings is 1. The summed E-state index contributed by atoms with van der Waals surface area (Å²) >= 11 is 1.71. The Morgan fingerprint density at radius 1 is 1.18 bits per heavy atom. The summed E-state index contributed by atoms with van der Waals surface area (Å²) in [6.45, 7) is 3.70. The van der Waals surface area contributed by atoms with E-state index in [1.807, 2.05) is 0 Å². The maximum Gasteiger partial charge on any atom is 0.191 e. The largest absolute Gasteiger partial charge is 0.378 e. The fourth-order valence-electron chi connectivity index (χ4n) is 2.14. The third-order valence-corrected chi connectivity index (χ3v) is 4.28. The van der Waals surface area contributed by atoms with Crippen LogP contribution in [0.2, 0.25) is 0 Å². The van der Waals surface area contributed by atoms with Gasteiger partial charge in [-0.15, -0.1) is 0 Å². The Kier molecular flexibility index (Phi) is 5.83. The number of aryl methyl sites for hydroxylation is 1. The molecule has 1 aromatic heterocycles. The Morgan fingerprint density at radius 3 is 2.55 bits per heavy atom. The van der Waals surface area contributed by atoms with Gasteiger partial charge in [-0.3, -0.25) is 4.99 Å². The van der Waals surface area contributed by atoms with E-state index in [9.17, 15) is 0 Å². The topological polar surface area (TPSA) is 39.7 Å². The first-order valence-electron chi connectivity index (χ1n) is 7.32. The molecule has 0 aliphatic carbocycles.